The average molecular weight is 332 g/mol. The highest BCUT2D eigenvalue weighted by molar-refractivity contribution is 7.98. The summed E-state index contributed by atoms with van der Waals surface area (Å²) in [6.07, 6.45) is 0. The summed E-state index contributed by atoms with van der Waals surface area (Å²) in [5.41, 5.74) is 2.64. The third-order valence-corrected chi connectivity index (χ3v) is 4.54. The van der Waals surface area contributed by atoms with Gasteiger partial charge in [-0.15, -0.1) is 0 Å². The second-order valence-corrected chi connectivity index (χ2v) is 6.39. The highest BCUT2D eigenvalue weighted by Gasteiger charge is 2.10. The van der Waals surface area contributed by atoms with Crippen molar-refractivity contribution in [2.45, 2.75) is 17.8 Å². The van der Waals surface area contributed by atoms with Crippen LogP contribution in [0.25, 0.3) is 10.9 Å². The van der Waals surface area contributed by atoms with E-state index in [2.05, 4.69) is 11.1 Å². The predicted octanol–water partition coefficient (Wildman–Crippen LogP) is 3.36. The minimum Gasteiger partial charge on any atom is -0.334 e. The average Bonchev–Trinajstić information content (AvgIpc) is 2.49. The van der Waals surface area contributed by atoms with Crippen LogP contribution in [-0.2, 0) is 5.75 Å². The zero-order valence-electron chi connectivity index (χ0n) is 11.9. The number of nitrogens with two attached hydrogens (primary N) is 1. The van der Waals surface area contributed by atoms with Crippen LogP contribution in [-0.4, -0.2) is 9.66 Å². The van der Waals surface area contributed by atoms with Crippen molar-refractivity contribution in [2.24, 2.45) is 0 Å². The number of rotatable bonds is 3. The van der Waals surface area contributed by atoms with Gasteiger partial charge in [0.2, 0.25) is 0 Å². The Balaban J connectivity index is 1.96. The van der Waals surface area contributed by atoms with Crippen LogP contribution in [0, 0.1) is 6.92 Å². The van der Waals surface area contributed by atoms with E-state index in [1.807, 2.05) is 25.1 Å². The van der Waals surface area contributed by atoms with Crippen molar-refractivity contribution in [3.05, 3.63) is 69.0 Å². The molecule has 112 valence electrons. The van der Waals surface area contributed by atoms with Gasteiger partial charge in [-0.05, 0) is 30.7 Å². The largest absolute Gasteiger partial charge is 0.334 e. The summed E-state index contributed by atoms with van der Waals surface area (Å²) in [7, 11) is 0. The lowest BCUT2D eigenvalue weighted by Gasteiger charge is -2.09. The number of benzene rings is 2. The Labute approximate surface area is 136 Å². The Bertz CT molecular complexity index is 908. The summed E-state index contributed by atoms with van der Waals surface area (Å²) >= 11 is 7.39. The first-order valence-corrected chi connectivity index (χ1v) is 8.07. The molecule has 0 spiro atoms. The Morgan fingerprint density at radius 1 is 1.27 bits per heavy atom. The van der Waals surface area contributed by atoms with E-state index < -0.39 is 0 Å². The van der Waals surface area contributed by atoms with E-state index in [1.165, 1.54) is 17.3 Å². The number of fused-ring (bicyclic) bond motifs is 1. The molecule has 0 amide bonds. The van der Waals surface area contributed by atoms with Gasteiger partial charge in [-0.25, -0.2) is 9.66 Å². The van der Waals surface area contributed by atoms with E-state index in [4.69, 9.17) is 17.4 Å². The summed E-state index contributed by atoms with van der Waals surface area (Å²) in [5, 5.41) is 1.48. The summed E-state index contributed by atoms with van der Waals surface area (Å²) in [5.74, 6) is 6.56. The number of aromatic nitrogens is 2. The molecule has 4 nitrogen and oxygen atoms in total. The smallest absolute Gasteiger partial charge is 0.280 e. The molecule has 0 aliphatic rings. The van der Waals surface area contributed by atoms with Crippen LogP contribution in [0.4, 0.5) is 0 Å². The van der Waals surface area contributed by atoms with Crippen molar-refractivity contribution in [1.29, 1.82) is 0 Å². The van der Waals surface area contributed by atoms with E-state index in [1.54, 1.807) is 18.2 Å². The number of hydrogen-bond acceptors (Lipinski definition) is 4. The second kappa shape index (κ2) is 6.02. The molecule has 2 aromatic carbocycles. The molecule has 0 radical (unpaired) electrons. The van der Waals surface area contributed by atoms with E-state index in [0.29, 0.717) is 26.8 Å². The number of nitrogen functional groups attached to an aromatic ring is 1. The summed E-state index contributed by atoms with van der Waals surface area (Å²) in [4.78, 5) is 16.7. The molecule has 3 aromatic rings. The normalized spacial score (nSPS) is 11.0. The highest BCUT2D eigenvalue weighted by Crippen LogP contribution is 2.22. The second-order valence-electron chi connectivity index (χ2n) is 5.01. The molecule has 0 bridgehead atoms. The van der Waals surface area contributed by atoms with Gasteiger partial charge in [0.1, 0.15) is 0 Å². The van der Waals surface area contributed by atoms with Gasteiger partial charge in [0.15, 0.2) is 5.16 Å². The maximum atomic E-state index is 12.3. The van der Waals surface area contributed by atoms with Crippen LogP contribution in [0.1, 0.15) is 11.1 Å². The molecule has 0 aliphatic heterocycles. The molecule has 0 unspecified atom stereocenters. The zero-order valence-corrected chi connectivity index (χ0v) is 13.5. The van der Waals surface area contributed by atoms with Gasteiger partial charge < -0.3 is 5.84 Å². The lowest BCUT2D eigenvalue weighted by atomic mass is 10.2. The van der Waals surface area contributed by atoms with Gasteiger partial charge in [-0.1, -0.05) is 53.2 Å². The van der Waals surface area contributed by atoms with Crippen LogP contribution in [0.15, 0.2) is 52.4 Å². The lowest BCUT2D eigenvalue weighted by Crippen LogP contribution is -2.29. The zero-order chi connectivity index (χ0) is 15.7. The first kappa shape index (κ1) is 14.9. The Hall–Kier alpha value is -1.98. The number of hydrogen-bond donors (Lipinski definition) is 1. The third-order valence-electron chi connectivity index (χ3n) is 3.28. The number of halogens is 1. The lowest BCUT2D eigenvalue weighted by molar-refractivity contribution is 0.779. The van der Waals surface area contributed by atoms with Gasteiger partial charge in [0, 0.05) is 10.8 Å². The molecule has 6 heteroatoms. The molecular formula is C16H14ClN3OS. The van der Waals surface area contributed by atoms with Crippen molar-refractivity contribution >= 4 is 34.3 Å². The monoisotopic (exact) mass is 331 g/mol. The third kappa shape index (κ3) is 2.96. The summed E-state index contributed by atoms with van der Waals surface area (Å²) in [6.45, 7) is 2.04. The van der Waals surface area contributed by atoms with Gasteiger partial charge in [0.25, 0.3) is 5.56 Å². The number of thioether (sulfide) groups is 1. The fourth-order valence-electron chi connectivity index (χ4n) is 2.20. The highest BCUT2D eigenvalue weighted by atomic mass is 35.5. The number of aryl methyl sites for hydroxylation is 1. The molecule has 0 saturated heterocycles. The van der Waals surface area contributed by atoms with E-state index in [0.717, 1.165) is 10.2 Å². The molecule has 3 rings (SSSR count). The Morgan fingerprint density at radius 3 is 2.86 bits per heavy atom. The number of nitrogens with zero attached hydrogens (tertiary/aromatic N) is 2. The first-order valence-electron chi connectivity index (χ1n) is 6.70. The van der Waals surface area contributed by atoms with E-state index >= 15 is 0 Å². The van der Waals surface area contributed by atoms with Crippen molar-refractivity contribution in [1.82, 2.24) is 9.66 Å². The molecule has 0 saturated carbocycles. The van der Waals surface area contributed by atoms with Crippen LogP contribution < -0.4 is 11.4 Å². The maximum absolute atomic E-state index is 12.3. The van der Waals surface area contributed by atoms with Crippen LogP contribution >= 0.6 is 23.4 Å². The van der Waals surface area contributed by atoms with Gasteiger partial charge in [-0.3, -0.25) is 4.79 Å². The molecule has 22 heavy (non-hydrogen) atoms. The minimum atomic E-state index is -0.270. The fraction of sp³-hybridized carbons (Fsp3) is 0.125. The quantitative estimate of drug-likeness (QED) is 0.454. The van der Waals surface area contributed by atoms with Crippen molar-refractivity contribution in [3.63, 3.8) is 0 Å². The minimum absolute atomic E-state index is 0.270. The maximum Gasteiger partial charge on any atom is 0.280 e. The molecule has 0 atom stereocenters. The SMILES string of the molecule is Cc1cccc(CSc2nc3cc(Cl)ccc3c(=O)n2N)c1. The Morgan fingerprint density at radius 2 is 2.09 bits per heavy atom. The van der Waals surface area contributed by atoms with E-state index in [9.17, 15) is 4.79 Å². The fourth-order valence-corrected chi connectivity index (χ4v) is 3.23. The topological polar surface area (TPSA) is 60.9 Å². The van der Waals surface area contributed by atoms with Crippen molar-refractivity contribution < 1.29 is 0 Å². The van der Waals surface area contributed by atoms with Crippen molar-refractivity contribution in [3.8, 4) is 0 Å². The van der Waals surface area contributed by atoms with Crippen molar-refractivity contribution in [2.75, 3.05) is 5.84 Å². The predicted molar refractivity (Wildman–Crippen MR) is 91.9 cm³/mol. The van der Waals surface area contributed by atoms with E-state index in [-0.39, 0.29) is 5.56 Å². The van der Waals surface area contributed by atoms with Gasteiger partial charge >= 0.3 is 0 Å². The van der Waals surface area contributed by atoms with Gasteiger partial charge in [0.05, 0.1) is 10.9 Å². The first-order chi connectivity index (χ1) is 10.5. The molecule has 1 heterocycles. The van der Waals surface area contributed by atoms with Crippen LogP contribution in [0.5, 0.6) is 0 Å². The summed E-state index contributed by atoms with van der Waals surface area (Å²) < 4.78 is 1.09. The molecule has 0 aliphatic carbocycles. The summed E-state index contributed by atoms with van der Waals surface area (Å²) in [6, 6.07) is 13.2. The molecule has 1 aromatic heterocycles. The molecular weight excluding hydrogens is 318 g/mol. The molecule has 0 fully saturated rings. The molecule has 2 N–H and O–H groups in total. The van der Waals surface area contributed by atoms with Crippen LogP contribution in [0.3, 0.4) is 0 Å². The van der Waals surface area contributed by atoms with Crippen LogP contribution in [0.2, 0.25) is 5.02 Å². The standard InChI is InChI=1S/C16H14ClN3OS/c1-10-3-2-4-11(7-10)9-22-16-19-14-8-12(17)5-6-13(14)15(21)20(16)18/h2-8H,9,18H2,1H3. The Kier molecular flexibility index (Phi) is 4.09. The van der Waals surface area contributed by atoms with Gasteiger partial charge in [-0.2, -0.15) is 0 Å².